The van der Waals surface area contributed by atoms with Gasteiger partial charge in [0.2, 0.25) is 15.9 Å². The molecule has 2 unspecified atom stereocenters. The highest BCUT2D eigenvalue weighted by molar-refractivity contribution is 7.89. The van der Waals surface area contributed by atoms with E-state index in [9.17, 15) is 13.2 Å². The van der Waals surface area contributed by atoms with Crippen LogP contribution in [0.4, 0.5) is 5.69 Å². The quantitative estimate of drug-likeness (QED) is 0.843. The van der Waals surface area contributed by atoms with E-state index >= 15 is 0 Å². The molecule has 6 nitrogen and oxygen atoms in total. The van der Waals surface area contributed by atoms with Gasteiger partial charge in [-0.2, -0.15) is 4.31 Å². The minimum atomic E-state index is -3.51. The van der Waals surface area contributed by atoms with Crippen LogP contribution in [0.15, 0.2) is 23.1 Å². The summed E-state index contributed by atoms with van der Waals surface area (Å²) < 4.78 is 27.8. The number of fused-ring (bicyclic) bond motifs is 3. The molecule has 0 radical (unpaired) electrons. The molecule has 3 aliphatic heterocycles. The first-order chi connectivity index (χ1) is 11.9. The van der Waals surface area contributed by atoms with Gasteiger partial charge in [0.05, 0.1) is 4.90 Å². The highest BCUT2D eigenvalue weighted by atomic mass is 35.5. The van der Waals surface area contributed by atoms with Crippen LogP contribution < -0.4 is 10.2 Å². The highest BCUT2D eigenvalue weighted by Gasteiger charge is 2.39. The van der Waals surface area contributed by atoms with Crippen molar-refractivity contribution < 1.29 is 13.2 Å². The molecule has 8 heteroatoms. The number of hydrogen-bond donors (Lipinski definition) is 1. The van der Waals surface area contributed by atoms with Gasteiger partial charge in [-0.3, -0.25) is 4.79 Å². The topological polar surface area (TPSA) is 69.7 Å². The lowest BCUT2D eigenvalue weighted by molar-refractivity contribution is -0.116. The number of nitrogens with one attached hydrogen (secondary N) is 1. The molecule has 0 aliphatic carbocycles. The summed E-state index contributed by atoms with van der Waals surface area (Å²) in [5.41, 5.74) is 1.78. The molecular formula is C18H26ClN3O3S. The number of hydrogen-bond acceptors (Lipinski definition) is 4. The Morgan fingerprint density at radius 2 is 1.88 bits per heavy atom. The summed E-state index contributed by atoms with van der Waals surface area (Å²) in [4.78, 5) is 13.7. The number of piperidine rings is 1. The first kappa shape index (κ1) is 19.6. The molecular weight excluding hydrogens is 374 g/mol. The van der Waals surface area contributed by atoms with E-state index in [0.29, 0.717) is 29.9 Å². The van der Waals surface area contributed by atoms with Crippen molar-refractivity contribution in [2.45, 2.75) is 62.0 Å². The fraction of sp³-hybridized carbons (Fsp3) is 0.611. The number of carbonyl (C=O) groups excluding carboxylic acids is 1. The third kappa shape index (κ3) is 3.26. The standard InChI is InChI=1S/C18H25N3O3S.ClH/c1-12(22)21-8-7-13-9-17(5-6-18(13)21)25(23,24)20(2)16-10-14-3-4-15(11-16)19-14;/h5-6,9,14-16,19H,3-4,7-8,10-11H2,1-2H3;1H. The molecule has 1 amide bonds. The van der Waals surface area contributed by atoms with Crippen molar-refractivity contribution in [1.29, 1.82) is 0 Å². The van der Waals surface area contributed by atoms with E-state index in [2.05, 4.69) is 5.32 Å². The van der Waals surface area contributed by atoms with Crippen molar-refractivity contribution >= 4 is 34.0 Å². The highest BCUT2D eigenvalue weighted by Crippen LogP contribution is 2.34. The zero-order valence-corrected chi connectivity index (χ0v) is 16.8. The maximum Gasteiger partial charge on any atom is 0.243 e. The Morgan fingerprint density at radius 3 is 2.50 bits per heavy atom. The zero-order chi connectivity index (χ0) is 17.8. The second-order valence-electron chi connectivity index (χ2n) is 7.50. The van der Waals surface area contributed by atoms with Crippen molar-refractivity contribution in [3.8, 4) is 0 Å². The number of anilines is 1. The van der Waals surface area contributed by atoms with E-state index in [1.165, 1.54) is 0 Å². The largest absolute Gasteiger partial charge is 0.312 e. The fourth-order valence-corrected chi connectivity index (χ4v) is 5.98. The van der Waals surface area contributed by atoms with Crippen LogP contribution >= 0.6 is 12.4 Å². The Hall–Kier alpha value is -1.15. The Balaban J connectivity index is 0.00000196. The molecule has 3 heterocycles. The number of carbonyl (C=O) groups is 1. The third-order valence-electron chi connectivity index (χ3n) is 5.97. The third-order valence-corrected chi connectivity index (χ3v) is 7.87. The van der Waals surface area contributed by atoms with Gasteiger partial charge in [-0.05, 0) is 55.9 Å². The van der Waals surface area contributed by atoms with Crippen LogP contribution in [0, 0.1) is 0 Å². The first-order valence-electron chi connectivity index (χ1n) is 9.01. The molecule has 1 aromatic carbocycles. The summed E-state index contributed by atoms with van der Waals surface area (Å²) >= 11 is 0. The summed E-state index contributed by atoms with van der Waals surface area (Å²) in [5, 5.41) is 3.56. The molecule has 0 saturated carbocycles. The van der Waals surface area contributed by atoms with Crippen molar-refractivity contribution in [3.05, 3.63) is 23.8 Å². The van der Waals surface area contributed by atoms with Crippen LogP contribution in [-0.4, -0.2) is 50.3 Å². The summed E-state index contributed by atoms with van der Waals surface area (Å²) in [6.45, 7) is 2.17. The van der Waals surface area contributed by atoms with Gasteiger partial charge < -0.3 is 10.2 Å². The smallest absolute Gasteiger partial charge is 0.243 e. The molecule has 144 valence electrons. The Bertz CT molecular complexity index is 802. The van der Waals surface area contributed by atoms with E-state index in [0.717, 1.165) is 36.9 Å². The molecule has 0 spiro atoms. The number of amides is 1. The Labute approximate surface area is 161 Å². The first-order valence-corrected chi connectivity index (χ1v) is 10.5. The number of rotatable bonds is 3. The van der Waals surface area contributed by atoms with Crippen molar-refractivity contribution in [3.63, 3.8) is 0 Å². The van der Waals surface area contributed by atoms with Crippen LogP contribution in [0.3, 0.4) is 0 Å². The number of benzene rings is 1. The molecule has 2 saturated heterocycles. The summed E-state index contributed by atoms with van der Waals surface area (Å²) in [7, 11) is -1.81. The molecule has 3 aliphatic rings. The molecule has 4 rings (SSSR count). The zero-order valence-electron chi connectivity index (χ0n) is 15.1. The lowest BCUT2D eigenvalue weighted by atomic mass is 10.0. The normalized spacial score (nSPS) is 27.3. The molecule has 2 fully saturated rings. The van der Waals surface area contributed by atoms with E-state index in [1.54, 1.807) is 41.4 Å². The lowest BCUT2D eigenvalue weighted by Crippen LogP contribution is -2.48. The average molecular weight is 400 g/mol. The van der Waals surface area contributed by atoms with Crippen LogP contribution in [0.2, 0.25) is 0 Å². The van der Waals surface area contributed by atoms with E-state index < -0.39 is 10.0 Å². The van der Waals surface area contributed by atoms with Crippen LogP contribution in [0.1, 0.15) is 38.2 Å². The van der Waals surface area contributed by atoms with Crippen molar-refractivity contribution in [2.75, 3.05) is 18.5 Å². The predicted molar refractivity (Wildman–Crippen MR) is 103 cm³/mol. The number of nitrogens with zero attached hydrogens (tertiary/aromatic N) is 2. The van der Waals surface area contributed by atoms with Gasteiger partial charge in [0, 0.05) is 44.3 Å². The number of halogens is 1. The second kappa shape index (κ2) is 7.11. The molecule has 1 N–H and O–H groups in total. The minimum Gasteiger partial charge on any atom is -0.312 e. The van der Waals surface area contributed by atoms with Gasteiger partial charge in [0.15, 0.2) is 0 Å². The van der Waals surface area contributed by atoms with Gasteiger partial charge >= 0.3 is 0 Å². The molecule has 26 heavy (non-hydrogen) atoms. The van der Waals surface area contributed by atoms with Crippen LogP contribution in [-0.2, 0) is 21.2 Å². The van der Waals surface area contributed by atoms with Crippen LogP contribution in [0.5, 0.6) is 0 Å². The van der Waals surface area contributed by atoms with E-state index in [4.69, 9.17) is 0 Å². The van der Waals surface area contributed by atoms with Crippen molar-refractivity contribution in [1.82, 2.24) is 9.62 Å². The second-order valence-corrected chi connectivity index (χ2v) is 9.49. The maximum atomic E-state index is 13.1. The molecule has 0 aromatic heterocycles. The number of sulfonamides is 1. The van der Waals surface area contributed by atoms with Gasteiger partial charge in [0.25, 0.3) is 0 Å². The lowest BCUT2D eigenvalue weighted by Gasteiger charge is -2.34. The van der Waals surface area contributed by atoms with Gasteiger partial charge in [-0.15, -0.1) is 12.4 Å². The SMILES string of the molecule is CC(=O)N1CCc2cc(S(=O)(=O)N(C)C3CC4CCC(C3)N4)ccc21.Cl. The molecule has 2 bridgehead atoms. The van der Waals surface area contributed by atoms with Gasteiger partial charge in [-0.1, -0.05) is 0 Å². The fourth-order valence-electron chi connectivity index (χ4n) is 4.55. The Morgan fingerprint density at radius 1 is 1.23 bits per heavy atom. The summed E-state index contributed by atoms with van der Waals surface area (Å²) in [5.74, 6) is -0.00310. The van der Waals surface area contributed by atoms with E-state index in [-0.39, 0.29) is 24.4 Å². The summed E-state index contributed by atoms with van der Waals surface area (Å²) in [6.07, 6.45) is 4.77. The van der Waals surface area contributed by atoms with Gasteiger partial charge in [-0.25, -0.2) is 8.42 Å². The monoisotopic (exact) mass is 399 g/mol. The summed E-state index contributed by atoms with van der Waals surface area (Å²) in [6, 6.07) is 6.12. The van der Waals surface area contributed by atoms with E-state index in [1.807, 2.05) is 0 Å². The molecule has 1 aromatic rings. The minimum absolute atomic E-state index is 0. The maximum absolute atomic E-state index is 13.1. The Kier molecular flexibility index (Phi) is 5.36. The average Bonchev–Trinajstić information content (AvgIpc) is 3.16. The van der Waals surface area contributed by atoms with Crippen LogP contribution in [0.25, 0.3) is 0 Å². The predicted octanol–water partition coefficient (Wildman–Crippen LogP) is 1.92. The van der Waals surface area contributed by atoms with Gasteiger partial charge in [0.1, 0.15) is 0 Å². The van der Waals surface area contributed by atoms with Crippen molar-refractivity contribution in [2.24, 2.45) is 0 Å². The molecule has 2 atom stereocenters.